The maximum Gasteiger partial charge on any atom is 0.0580 e. The Hall–Kier alpha value is -1.30. The Balaban J connectivity index is 2.07. The number of hydrogen-bond donors (Lipinski definition) is 1. The maximum absolute atomic E-state index is 3.36. The molecule has 0 bridgehead atoms. The fraction of sp³-hybridized carbons (Fsp3) is 0.500. The SMILES string of the molecule is CCN(CC)CCCNCC#Cc1ccccc1. The topological polar surface area (TPSA) is 15.3 Å². The van der Waals surface area contributed by atoms with E-state index in [0.29, 0.717) is 0 Å². The largest absolute Gasteiger partial charge is 0.306 e. The van der Waals surface area contributed by atoms with Crippen LogP contribution in [0, 0.1) is 11.8 Å². The maximum atomic E-state index is 3.36. The van der Waals surface area contributed by atoms with Crippen molar-refractivity contribution >= 4 is 0 Å². The zero-order chi connectivity index (χ0) is 13.1. The molecule has 1 aromatic rings. The van der Waals surface area contributed by atoms with E-state index in [9.17, 15) is 0 Å². The Morgan fingerprint density at radius 3 is 2.50 bits per heavy atom. The summed E-state index contributed by atoms with van der Waals surface area (Å²) in [4.78, 5) is 2.44. The van der Waals surface area contributed by atoms with Gasteiger partial charge in [0.2, 0.25) is 0 Å². The van der Waals surface area contributed by atoms with Gasteiger partial charge in [-0.3, -0.25) is 0 Å². The first kappa shape index (κ1) is 14.8. The van der Waals surface area contributed by atoms with Crippen LogP contribution in [0.2, 0.25) is 0 Å². The molecule has 0 radical (unpaired) electrons. The first-order chi connectivity index (χ1) is 8.86. The van der Waals surface area contributed by atoms with Gasteiger partial charge >= 0.3 is 0 Å². The molecule has 1 aromatic carbocycles. The van der Waals surface area contributed by atoms with Gasteiger partial charge in [-0.25, -0.2) is 0 Å². The van der Waals surface area contributed by atoms with E-state index >= 15 is 0 Å². The summed E-state index contributed by atoms with van der Waals surface area (Å²) >= 11 is 0. The second-order valence-corrected chi connectivity index (χ2v) is 4.23. The van der Waals surface area contributed by atoms with Gasteiger partial charge in [0, 0.05) is 5.56 Å². The first-order valence-corrected chi connectivity index (χ1v) is 6.83. The van der Waals surface area contributed by atoms with E-state index < -0.39 is 0 Å². The van der Waals surface area contributed by atoms with E-state index in [1.165, 1.54) is 13.0 Å². The minimum atomic E-state index is 0.771. The monoisotopic (exact) mass is 244 g/mol. The van der Waals surface area contributed by atoms with Crippen molar-refractivity contribution in [3.05, 3.63) is 35.9 Å². The molecule has 0 amide bonds. The minimum absolute atomic E-state index is 0.771. The van der Waals surface area contributed by atoms with Gasteiger partial charge in [0.15, 0.2) is 0 Å². The lowest BCUT2D eigenvalue weighted by atomic mass is 10.2. The fourth-order valence-corrected chi connectivity index (χ4v) is 1.79. The van der Waals surface area contributed by atoms with E-state index in [1.807, 2.05) is 30.3 Å². The molecule has 0 aliphatic rings. The Morgan fingerprint density at radius 1 is 1.11 bits per heavy atom. The average molecular weight is 244 g/mol. The van der Waals surface area contributed by atoms with Crippen LogP contribution in [0.1, 0.15) is 25.8 Å². The lowest BCUT2D eigenvalue weighted by Gasteiger charge is -2.17. The molecule has 18 heavy (non-hydrogen) atoms. The molecule has 0 fully saturated rings. The number of benzene rings is 1. The lowest BCUT2D eigenvalue weighted by molar-refractivity contribution is 0.299. The molecule has 0 atom stereocenters. The lowest BCUT2D eigenvalue weighted by Crippen LogP contribution is -2.27. The zero-order valence-corrected chi connectivity index (χ0v) is 11.6. The summed E-state index contributed by atoms with van der Waals surface area (Å²) in [5.41, 5.74) is 1.09. The van der Waals surface area contributed by atoms with Crippen LogP contribution < -0.4 is 5.32 Å². The molecule has 2 nitrogen and oxygen atoms in total. The molecule has 0 aliphatic carbocycles. The normalized spacial score (nSPS) is 10.2. The van der Waals surface area contributed by atoms with Crippen molar-refractivity contribution in [2.45, 2.75) is 20.3 Å². The molecular weight excluding hydrogens is 220 g/mol. The van der Waals surface area contributed by atoms with Crippen LogP contribution in [0.15, 0.2) is 30.3 Å². The number of hydrogen-bond acceptors (Lipinski definition) is 2. The van der Waals surface area contributed by atoms with Crippen LogP contribution in [0.25, 0.3) is 0 Å². The molecule has 0 heterocycles. The van der Waals surface area contributed by atoms with Crippen molar-refractivity contribution in [3.8, 4) is 11.8 Å². The predicted molar refractivity (Wildman–Crippen MR) is 78.6 cm³/mol. The molecule has 0 aliphatic heterocycles. The first-order valence-electron chi connectivity index (χ1n) is 6.83. The van der Waals surface area contributed by atoms with E-state index in [4.69, 9.17) is 0 Å². The molecule has 98 valence electrons. The van der Waals surface area contributed by atoms with Gasteiger partial charge in [-0.15, -0.1) is 0 Å². The quantitative estimate of drug-likeness (QED) is 0.585. The van der Waals surface area contributed by atoms with E-state index in [1.54, 1.807) is 0 Å². The summed E-state index contributed by atoms with van der Waals surface area (Å²) in [7, 11) is 0. The molecule has 0 unspecified atom stereocenters. The number of nitrogens with zero attached hydrogens (tertiary/aromatic N) is 1. The van der Waals surface area contributed by atoms with E-state index in [2.05, 4.69) is 35.9 Å². The third kappa shape index (κ3) is 6.44. The summed E-state index contributed by atoms with van der Waals surface area (Å²) in [6, 6.07) is 10.1. The minimum Gasteiger partial charge on any atom is -0.306 e. The van der Waals surface area contributed by atoms with Crippen molar-refractivity contribution < 1.29 is 0 Å². The molecule has 0 aromatic heterocycles. The van der Waals surface area contributed by atoms with Crippen molar-refractivity contribution in [1.82, 2.24) is 10.2 Å². The van der Waals surface area contributed by atoms with E-state index in [-0.39, 0.29) is 0 Å². The molecule has 1 rings (SSSR count). The molecule has 1 N–H and O–H groups in total. The van der Waals surface area contributed by atoms with Crippen molar-refractivity contribution in [2.24, 2.45) is 0 Å². The number of rotatable bonds is 7. The van der Waals surface area contributed by atoms with Crippen LogP contribution >= 0.6 is 0 Å². The van der Waals surface area contributed by atoms with Gasteiger partial charge < -0.3 is 10.2 Å². The molecule has 0 saturated carbocycles. The predicted octanol–water partition coefficient (Wildman–Crippen LogP) is 2.36. The fourth-order valence-electron chi connectivity index (χ4n) is 1.79. The van der Waals surface area contributed by atoms with Crippen molar-refractivity contribution in [1.29, 1.82) is 0 Å². The highest BCUT2D eigenvalue weighted by atomic mass is 15.1. The Labute approximate surface area is 111 Å². The van der Waals surface area contributed by atoms with Gasteiger partial charge in [-0.1, -0.05) is 43.9 Å². The molecule has 2 heteroatoms. The van der Waals surface area contributed by atoms with Crippen LogP contribution in [0.4, 0.5) is 0 Å². The van der Waals surface area contributed by atoms with Crippen LogP contribution in [-0.4, -0.2) is 37.6 Å². The van der Waals surface area contributed by atoms with Gasteiger partial charge in [-0.2, -0.15) is 0 Å². The summed E-state index contributed by atoms with van der Waals surface area (Å²) in [6.07, 6.45) is 1.19. The highest BCUT2D eigenvalue weighted by Gasteiger charge is 1.96. The second kappa shape index (κ2) is 9.70. The van der Waals surface area contributed by atoms with Crippen molar-refractivity contribution in [2.75, 3.05) is 32.7 Å². The summed E-state index contributed by atoms with van der Waals surface area (Å²) in [5.74, 6) is 6.29. The molecular formula is C16H24N2. The smallest absolute Gasteiger partial charge is 0.0580 e. The number of nitrogens with one attached hydrogen (secondary N) is 1. The molecule has 0 spiro atoms. The zero-order valence-electron chi connectivity index (χ0n) is 11.6. The Bertz CT molecular complexity index is 358. The highest BCUT2D eigenvalue weighted by Crippen LogP contribution is 1.94. The van der Waals surface area contributed by atoms with E-state index in [0.717, 1.165) is 31.7 Å². The van der Waals surface area contributed by atoms with Gasteiger partial charge in [-0.05, 0) is 44.7 Å². The summed E-state index contributed by atoms with van der Waals surface area (Å²) in [6.45, 7) is 9.69. The third-order valence-corrected chi connectivity index (χ3v) is 2.94. The van der Waals surface area contributed by atoms with Crippen LogP contribution in [0.5, 0.6) is 0 Å². The summed E-state index contributed by atoms with van der Waals surface area (Å²) < 4.78 is 0. The Morgan fingerprint density at radius 2 is 1.83 bits per heavy atom. The van der Waals surface area contributed by atoms with Gasteiger partial charge in [0.1, 0.15) is 0 Å². The Kier molecular flexibility index (Phi) is 7.96. The van der Waals surface area contributed by atoms with Gasteiger partial charge in [0.05, 0.1) is 6.54 Å². The van der Waals surface area contributed by atoms with Gasteiger partial charge in [0.25, 0.3) is 0 Å². The van der Waals surface area contributed by atoms with Crippen LogP contribution in [0.3, 0.4) is 0 Å². The van der Waals surface area contributed by atoms with Crippen molar-refractivity contribution in [3.63, 3.8) is 0 Å². The summed E-state index contributed by atoms with van der Waals surface area (Å²) in [5, 5.41) is 3.36. The third-order valence-electron chi connectivity index (χ3n) is 2.94. The standard InChI is InChI=1S/C16H24N2/c1-3-18(4-2)15-9-14-17-13-8-12-16-10-6-5-7-11-16/h5-7,10-11,17H,3-4,9,13-15H2,1-2H3. The average Bonchev–Trinajstić information content (AvgIpc) is 2.43. The molecule has 0 saturated heterocycles. The highest BCUT2D eigenvalue weighted by molar-refractivity contribution is 5.33. The van der Waals surface area contributed by atoms with Crippen LogP contribution in [-0.2, 0) is 0 Å². The second-order valence-electron chi connectivity index (χ2n) is 4.23.